The summed E-state index contributed by atoms with van der Waals surface area (Å²) in [6, 6.07) is 11.8. The summed E-state index contributed by atoms with van der Waals surface area (Å²) in [6.07, 6.45) is 12.9. The number of carbonyl (C=O) groups is 1. The molecule has 1 aliphatic carbocycles. The zero-order valence-electron chi connectivity index (χ0n) is 15.0. The number of amides is 1. The van der Waals surface area contributed by atoms with Crippen LogP contribution in [0.3, 0.4) is 0 Å². The average Bonchev–Trinajstić information content (AvgIpc) is 2.93. The fourth-order valence-corrected chi connectivity index (χ4v) is 3.90. The van der Waals surface area contributed by atoms with Gasteiger partial charge in [0.2, 0.25) is 5.91 Å². The van der Waals surface area contributed by atoms with Crippen molar-refractivity contribution >= 4 is 11.6 Å². The van der Waals surface area contributed by atoms with E-state index in [1.807, 2.05) is 60.6 Å². The van der Waals surface area contributed by atoms with E-state index in [9.17, 15) is 4.79 Å². The van der Waals surface area contributed by atoms with Crippen LogP contribution in [-0.2, 0) is 11.8 Å². The van der Waals surface area contributed by atoms with Gasteiger partial charge in [-0.15, -0.1) is 0 Å². The lowest BCUT2D eigenvalue weighted by Crippen LogP contribution is -2.41. The van der Waals surface area contributed by atoms with E-state index in [1.165, 1.54) is 5.69 Å². The normalized spacial score (nSPS) is 22.0. The van der Waals surface area contributed by atoms with Gasteiger partial charge in [0.1, 0.15) is 5.75 Å². The maximum absolute atomic E-state index is 13.1. The summed E-state index contributed by atoms with van der Waals surface area (Å²) in [5, 5.41) is 0. The van der Waals surface area contributed by atoms with E-state index in [-0.39, 0.29) is 17.7 Å². The third-order valence-corrected chi connectivity index (χ3v) is 5.18. The predicted molar refractivity (Wildman–Crippen MR) is 103 cm³/mol. The number of anilines is 1. The summed E-state index contributed by atoms with van der Waals surface area (Å²) >= 11 is 0. The first kappa shape index (κ1) is 16.5. The van der Waals surface area contributed by atoms with Gasteiger partial charge < -0.3 is 9.30 Å². The number of nitrogens with zero attached hydrogens (tertiary/aromatic N) is 2. The molecule has 2 aliphatic rings. The van der Waals surface area contributed by atoms with Crippen molar-refractivity contribution in [2.75, 3.05) is 12.0 Å². The molecule has 1 aromatic carbocycles. The Kier molecular flexibility index (Phi) is 4.25. The lowest BCUT2D eigenvalue weighted by atomic mass is 9.79. The van der Waals surface area contributed by atoms with Gasteiger partial charge in [-0.3, -0.25) is 9.69 Å². The van der Waals surface area contributed by atoms with Crippen molar-refractivity contribution in [2.24, 2.45) is 13.0 Å². The van der Waals surface area contributed by atoms with Crippen molar-refractivity contribution in [1.82, 2.24) is 4.57 Å². The monoisotopic (exact) mass is 346 g/mol. The number of aromatic nitrogens is 1. The van der Waals surface area contributed by atoms with Crippen molar-refractivity contribution in [1.29, 1.82) is 0 Å². The largest absolute Gasteiger partial charge is 0.497 e. The zero-order valence-corrected chi connectivity index (χ0v) is 15.0. The van der Waals surface area contributed by atoms with Crippen LogP contribution in [0.15, 0.2) is 78.7 Å². The molecule has 4 rings (SSSR count). The molecule has 0 unspecified atom stereocenters. The van der Waals surface area contributed by atoms with Gasteiger partial charge in [0.25, 0.3) is 0 Å². The van der Waals surface area contributed by atoms with Gasteiger partial charge in [-0.2, -0.15) is 0 Å². The molecule has 1 saturated heterocycles. The Morgan fingerprint density at radius 3 is 2.58 bits per heavy atom. The van der Waals surface area contributed by atoms with Crippen molar-refractivity contribution in [3.63, 3.8) is 0 Å². The first-order chi connectivity index (χ1) is 12.7. The molecule has 0 bridgehead atoms. The number of hydrogen-bond donors (Lipinski definition) is 0. The van der Waals surface area contributed by atoms with Gasteiger partial charge >= 0.3 is 0 Å². The second kappa shape index (κ2) is 6.71. The second-order valence-electron chi connectivity index (χ2n) is 6.67. The number of piperidine rings is 1. The van der Waals surface area contributed by atoms with E-state index in [2.05, 4.69) is 28.9 Å². The van der Waals surface area contributed by atoms with E-state index in [0.29, 0.717) is 6.42 Å². The average molecular weight is 346 g/mol. The van der Waals surface area contributed by atoms with Crippen LogP contribution in [0.2, 0.25) is 0 Å². The van der Waals surface area contributed by atoms with Gasteiger partial charge in [0, 0.05) is 48.6 Å². The number of hydrogen-bond acceptors (Lipinski definition) is 2. The second-order valence-corrected chi connectivity index (χ2v) is 6.67. The molecule has 1 aromatic heterocycles. The molecule has 1 aliphatic heterocycles. The molecule has 4 nitrogen and oxygen atoms in total. The maximum atomic E-state index is 13.1. The number of aryl methyl sites for hydroxylation is 1. The van der Waals surface area contributed by atoms with Crippen LogP contribution < -0.4 is 9.64 Å². The number of methoxy groups -OCH3 is 1. The Hall–Kier alpha value is -3.01. The molecular weight excluding hydrogens is 324 g/mol. The molecule has 2 heterocycles. The fraction of sp³-hybridized carbons (Fsp3) is 0.227. The van der Waals surface area contributed by atoms with Crippen LogP contribution in [0.1, 0.15) is 18.0 Å². The summed E-state index contributed by atoms with van der Waals surface area (Å²) in [7, 11) is 3.68. The van der Waals surface area contributed by atoms with Gasteiger partial charge in [0.05, 0.1) is 7.11 Å². The van der Waals surface area contributed by atoms with Gasteiger partial charge in [0.15, 0.2) is 0 Å². The number of ether oxygens (including phenoxy) is 1. The van der Waals surface area contributed by atoms with Gasteiger partial charge in [-0.25, -0.2) is 0 Å². The number of benzene rings is 1. The van der Waals surface area contributed by atoms with Crippen LogP contribution >= 0.6 is 0 Å². The van der Waals surface area contributed by atoms with Crippen LogP contribution in [-0.4, -0.2) is 17.6 Å². The summed E-state index contributed by atoms with van der Waals surface area (Å²) in [6.45, 7) is 0. The molecule has 26 heavy (non-hydrogen) atoms. The van der Waals surface area contributed by atoms with Crippen molar-refractivity contribution in [2.45, 2.75) is 12.3 Å². The summed E-state index contributed by atoms with van der Waals surface area (Å²) in [4.78, 5) is 15.0. The third kappa shape index (κ3) is 2.77. The molecule has 0 N–H and O–H groups in total. The third-order valence-electron chi connectivity index (χ3n) is 5.18. The molecular formula is C22H22N2O2. The van der Waals surface area contributed by atoms with E-state index >= 15 is 0 Å². The first-order valence-electron chi connectivity index (χ1n) is 8.82. The van der Waals surface area contributed by atoms with E-state index in [1.54, 1.807) is 7.11 Å². The van der Waals surface area contributed by atoms with Gasteiger partial charge in [-0.05, 0) is 42.5 Å². The summed E-state index contributed by atoms with van der Waals surface area (Å²) in [5.74, 6) is 1.19. The first-order valence-corrected chi connectivity index (χ1v) is 8.82. The van der Waals surface area contributed by atoms with Crippen molar-refractivity contribution < 1.29 is 9.53 Å². The number of allylic oxidation sites excluding steroid dienone is 5. The standard InChI is InChI=1S/C22H22N2O2/c1-23-14-6-9-20(23)19-15-22(25)24(16-10-12-17(26-2)13-11-16)21-8-5-3-4-7-18(19)21/h3-14,18-19H,15H2,1-2H3/t18-,19+/m0/s1. The Balaban J connectivity index is 1.77. The summed E-state index contributed by atoms with van der Waals surface area (Å²) < 4.78 is 7.36. The van der Waals surface area contributed by atoms with E-state index in [4.69, 9.17) is 4.74 Å². The Bertz CT molecular complexity index is 902. The Morgan fingerprint density at radius 1 is 1.08 bits per heavy atom. The molecule has 4 heteroatoms. The highest BCUT2D eigenvalue weighted by molar-refractivity contribution is 5.98. The molecule has 0 radical (unpaired) electrons. The molecule has 1 amide bonds. The highest BCUT2D eigenvalue weighted by Gasteiger charge is 2.39. The van der Waals surface area contributed by atoms with Crippen LogP contribution in [0.4, 0.5) is 5.69 Å². The summed E-state index contributed by atoms with van der Waals surface area (Å²) in [5.41, 5.74) is 3.08. The zero-order chi connectivity index (χ0) is 18.1. The quantitative estimate of drug-likeness (QED) is 0.835. The topological polar surface area (TPSA) is 34.5 Å². The minimum Gasteiger partial charge on any atom is -0.497 e. The van der Waals surface area contributed by atoms with Crippen LogP contribution in [0, 0.1) is 5.92 Å². The number of fused-ring (bicyclic) bond motifs is 1. The lowest BCUT2D eigenvalue weighted by molar-refractivity contribution is -0.119. The maximum Gasteiger partial charge on any atom is 0.232 e. The number of carbonyl (C=O) groups excluding carboxylic acids is 1. The van der Waals surface area contributed by atoms with Crippen LogP contribution in [0.5, 0.6) is 5.75 Å². The Labute approximate surface area is 153 Å². The smallest absolute Gasteiger partial charge is 0.232 e. The molecule has 1 fully saturated rings. The highest BCUT2D eigenvalue weighted by atomic mass is 16.5. The van der Waals surface area contributed by atoms with Crippen LogP contribution in [0.25, 0.3) is 0 Å². The molecule has 0 saturated carbocycles. The van der Waals surface area contributed by atoms with Crippen molar-refractivity contribution in [3.8, 4) is 5.75 Å². The minimum atomic E-state index is 0.118. The molecule has 132 valence electrons. The highest BCUT2D eigenvalue weighted by Crippen LogP contribution is 2.43. The molecule has 0 spiro atoms. The SMILES string of the molecule is COc1ccc(N2C(=O)C[C@@H](c3cccn3C)[C@@H]3C=CC=CC=C32)cc1. The molecule has 2 atom stereocenters. The minimum absolute atomic E-state index is 0.118. The van der Waals surface area contributed by atoms with Gasteiger partial charge in [-0.1, -0.05) is 24.3 Å². The van der Waals surface area contributed by atoms with Crippen molar-refractivity contribution in [3.05, 3.63) is 84.4 Å². The molecule has 2 aromatic rings. The fourth-order valence-electron chi connectivity index (χ4n) is 3.90. The predicted octanol–water partition coefficient (Wildman–Crippen LogP) is 4.18. The van der Waals surface area contributed by atoms with E-state index < -0.39 is 0 Å². The number of rotatable bonds is 3. The lowest BCUT2D eigenvalue weighted by Gasteiger charge is -2.39. The Morgan fingerprint density at radius 2 is 1.88 bits per heavy atom. The van der Waals surface area contributed by atoms with E-state index in [0.717, 1.165) is 17.1 Å².